The molecule has 17 heavy (non-hydrogen) atoms. The predicted molar refractivity (Wildman–Crippen MR) is 68.6 cm³/mol. The molecule has 1 atom stereocenters. The molecule has 5 heteroatoms. The number of rotatable bonds is 7. The Balaban J connectivity index is 4.38. The summed E-state index contributed by atoms with van der Waals surface area (Å²) in [6.07, 6.45) is 0.662. The van der Waals surface area contributed by atoms with E-state index in [-0.39, 0.29) is 18.4 Å². The first-order chi connectivity index (χ1) is 7.88. The van der Waals surface area contributed by atoms with Gasteiger partial charge < -0.3 is 15.5 Å². The Hall–Kier alpha value is -1.10. The number of nitrogens with one attached hydrogen (secondary N) is 2. The van der Waals surface area contributed by atoms with Crippen LogP contribution in [-0.4, -0.2) is 49.9 Å². The van der Waals surface area contributed by atoms with E-state index >= 15 is 0 Å². The molecule has 0 aliphatic rings. The Morgan fingerprint density at radius 2 is 1.82 bits per heavy atom. The second-order valence-corrected chi connectivity index (χ2v) is 4.76. The van der Waals surface area contributed by atoms with E-state index in [9.17, 15) is 9.59 Å². The number of hydrogen-bond donors (Lipinski definition) is 2. The number of hydrogen-bond acceptors (Lipinski definition) is 3. The first kappa shape index (κ1) is 15.9. The molecule has 0 aliphatic heterocycles. The van der Waals surface area contributed by atoms with Crippen LogP contribution in [0.3, 0.4) is 0 Å². The molecule has 0 saturated carbocycles. The summed E-state index contributed by atoms with van der Waals surface area (Å²) in [4.78, 5) is 25.0. The van der Waals surface area contributed by atoms with Gasteiger partial charge in [-0.05, 0) is 18.9 Å². The van der Waals surface area contributed by atoms with Crippen LogP contribution in [0.5, 0.6) is 0 Å². The first-order valence-corrected chi connectivity index (χ1v) is 6.09. The van der Waals surface area contributed by atoms with Gasteiger partial charge in [-0.25, -0.2) is 0 Å². The molecule has 0 aromatic heterocycles. The SMILES string of the molecule is CCNCC(=O)NC(CC(C)C)C(=O)N(C)C. The molecule has 5 nitrogen and oxygen atoms in total. The number of amides is 2. The van der Waals surface area contributed by atoms with Crippen molar-refractivity contribution in [3.05, 3.63) is 0 Å². The quantitative estimate of drug-likeness (QED) is 0.672. The third-order valence-electron chi connectivity index (χ3n) is 2.32. The number of nitrogens with zero attached hydrogens (tertiary/aromatic N) is 1. The third-order valence-corrected chi connectivity index (χ3v) is 2.32. The number of likely N-dealkylation sites (N-methyl/N-ethyl adjacent to an activating group) is 2. The molecule has 1 unspecified atom stereocenters. The lowest BCUT2D eigenvalue weighted by molar-refractivity contribution is -0.134. The zero-order chi connectivity index (χ0) is 13.4. The average molecular weight is 243 g/mol. The molecule has 0 aliphatic carbocycles. The monoisotopic (exact) mass is 243 g/mol. The lowest BCUT2D eigenvalue weighted by Gasteiger charge is -2.23. The standard InChI is InChI=1S/C12H25N3O2/c1-6-13-8-11(16)14-10(7-9(2)3)12(17)15(4)5/h9-10,13H,6-8H2,1-5H3,(H,14,16). The molecule has 0 aromatic rings. The van der Waals surface area contributed by atoms with Crippen molar-refractivity contribution in [2.75, 3.05) is 27.2 Å². The minimum Gasteiger partial charge on any atom is -0.347 e. The van der Waals surface area contributed by atoms with E-state index in [4.69, 9.17) is 0 Å². The molecule has 2 N–H and O–H groups in total. The molecule has 0 bridgehead atoms. The molecule has 0 fully saturated rings. The maximum absolute atomic E-state index is 11.9. The van der Waals surface area contributed by atoms with Crippen molar-refractivity contribution in [3.8, 4) is 0 Å². The van der Waals surface area contributed by atoms with Gasteiger partial charge in [0, 0.05) is 14.1 Å². The van der Waals surface area contributed by atoms with Crippen molar-refractivity contribution in [1.82, 2.24) is 15.5 Å². The summed E-state index contributed by atoms with van der Waals surface area (Å²) in [5, 5.41) is 5.71. The van der Waals surface area contributed by atoms with Crippen molar-refractivity contribution >= 4 is 11.8 Å². The minimum absolute atomic E-state index is 0.0523. The molecule has 0 saturated heterocycles. The van der Waals surface area contributed by atoms with E-state index in [1.807, 2.05) is 20.8 Å². The maximum Gasteiger partial charge on any atom is 0.244 e. The number of carbonyl (C=O) groups is 2. The zero-order valence-electron chi connectivity index (χ0n) is 11.5. The summed E-state index contributed by atoms with van der Waals surface area (Å²) in [6, 6.07) is -0.420. The van der Waals surface area contributed by atoms with E-state index in [1.165, 1.54) is 4.90 Å². The third kappa shape index (κ3) is 6.94. The molecule has 0 heterocycles. The van der Waals surface area contributed by atoms with Crippen LogP contribution in [0, 0.1) is 5.92 Å². The zero-order valence-corrected chi connectivity index (χ0v) is 11.5. The van der Waals surface area contributed by atoms with Crippen LogP contribution in [-0.2, 0) is 9.59 Å². The minimum atomic E-state index is -0.420. The smallest absolute Gasteiger partial charge is 0.244 e. The Morgan fingerprint density at radius 3 is 2.24 bits per heavy atom. The highest BCUT2D eigenvalue weighted by molar-refractivity contribution is 5.88. The Kier molecular flexibility index (Phi) is 7.54. The molecular formula is C12H25N3O2. The van der Waals surface area contributed by atoms with Gasteiger partial charge in [0.25, 0.3) is 0 Å². The summed E-state index contributed by atoms with van der Waals surface area (Å²) >= 11 is 0. The van der Waals surface area contributed by atoms with Crippen molar-refractivity contribution in [2.24, 2.45) is 5.92 Å². The normalized spacial score (nSPS) is 12.4. The molecule has 0 aromatic carbocycles. The van der Waals surface area contributed by atoms with Gasteiger partial charge in [-0.15, -0.1) is 0 Å². The van der Waals surface area contributed by atoms with Gasteiger partial charge in [-0.2, -0.15) is 0 Å². The summed E-state index contributed by atoms with van der Waals surface area (Å²) in [5.41, 5.74) is 0. The summed E-state index contributed by atoms with van der Waals surface area (Å²) in [6.45, 7) is 7.00. The number of carbonyl (C=O) groups excluding carboxylic acids is 2. The van der Waals surface area contributed by atoms with E-state index in [0.29, 0.717) is 12.3 Å². The highest BCUT2D eigenvalue weighted by atomic mass is 16.2. The molecule has 2 amide bonds. The van der Waals surface area contributed by atoms with Crippen molar-refractivity contribution in [3.63, 3.8) is 0 Å². The Morgan fingerprint density at radius 1 is 1.24 bits per heavy atom. The molecule has 100 valence electrons. The maximum atomic E-state index is 11.9. The van der Waals surface area contributed by atoms with Gasteiger partial charge in [0.05, 0.1) is 6.54 Å². The van der Waals surface area contributed by atoms with Crippen LogP contribution < -0.4 is 10.6 Å². The summed E-state index contributed by atoms with van der Waals surface area (Å²) in [7, 11) is 3.40. The van der Waals surface area contributed by atoms with Gasteiger partial charge in [0.15, 0.2) is 0 Å². The van der Waals surface area contributed by atoms with E-state index in [1.54, 1.807) is 14.1 Å². The van der Waals surface area contributed by atoms with Gasteiger partial charge in [0.1, 0.15) is 6.04 Å². The van der Waals surface area contributed by atoms with E-state index in [2.05, 4.69) is 10.6 Å². The highest BCUT2D eigenvalue weighted by Crippen LogP contribution is 2.06. The first-order valence-electron chi connectivity index (χ1n) is 6.09. The fourth-order valence-corrected chi connectivity index (χ4v) is 1.49. The molecule has 0 spiro atoms. The lowest BCUT2D eigenvalue weighted by atomic mass is 10.0. The largest absolute Gasteiger partial charge is 0.347 e. The van der Waals surface area contributed by atoms with Crippen LogP contribution in [0.2, 0.25) is 0 Å². The topological polar surface area (TPSA) is 61.4 Å². The Bertz CT molecular complexity index is 252. The van der Waals surface area contributed by atoms with Crippen LogP contribution >= 0.6 is 0 Å². The second kappa shape index (κ2) is 8.06. The predicted octanol–water partition coefficient (Wildman–Crippen LogP) is 0.215. The van der Waals surface area contributed by atoms with Crippen LogP contribution in [0.1, 0.15) is 27.2 Å². The van der Waals surface area contributed by atoms with Crippen LogP contribution in [0.25, 0.3) is 0 Å². The average Bonchev–Trinajstić information content (AvgIpc) is 2.23. The second-order valence-electron chi connectivity index (χ2n) is 4.76. The van der Waals surface area contributed by atoms with Gasteiger partial charge in [0.2, 0.25) is 11.8 Å². The molecule has 0 radical (unpaired) electrons. The van der Waals surface area contributed by atoms with Crippen molar-refractivity contribution < 1.29 is 9.59 Å². The van der Waals surface area contributed by atoms with Gasteiger partial charge in [-0.3, -0.25) is 9.59 Å². The van der Waals surface area contributed by atoms with E-state index in [0.717, 1.165) is 6.54 Å². The van der Waals surface area contributed by atoms with Crippen molar-refractivity contribution in [1.29, 1.82) is 0 Å². The van der Waals surface area contributed by atoms with Gasteiger partial charge in [-0.1, -0.05) is 20.8 Å². The lowest BCUT2D eigenvalue weighted by Crippen LogP contribution is -2.49. The van der Waals surface area contributed by atoms with Gasteiger partial charge >= 0.3 is 0 Å². The van der Waals surface area contributed by atoms with Crippen molar-refractivity contribution in [2.45, 2.75) is 33.2 Å². The fraction of sp³-hybridized carbons (Fsp3) is 0.833. The summed E-state index contributed by atoms with van der Waals surface area (Å²) in [5.74, 6) is 0.180. The highest BCUT2D eigenvalue weighted by Gasteiger charge is 2.22. The Labute approximate surface area is 104 Å². The molecular weight excluding hydrogens is 218 g/mol. The molecule has 0 rings (SSSR count). The fourth-order valence-electron chi connectivity index (χ4n) is 1.49. The van der Waals surface area contributed by atoms with E-state index < -0.39 is 6.04 Å². The summed E-state index contributed by atoms with van der Waals surface area (Å²) < 4.78 is 0. The van der Waals surface area contributed by atoms with Crippen LogP contribution in [0.15, 0.2) is 0 Å². The van der Waals surface area contributed by atoms with Crippen LogP contribution in [0.4, 0.5) is 0 Å².